The van der Waals surface area contributed by atoms with Gasteiger partial charge in [0.05, 0.1) is 60.0 Å². The third kappa shape index (κ3) is 35.3. The molecule has 718 valence electrons. The molecule has 0 N–H and O–H groups in total. The van der Waals surface area contributed by atoms with E-state index in [1.807, 2.05) is 110 Å². The molecule has 9 rings (SSSR count). The van der Waals surface area contributed by atoms with Crippen LogP contribution in [0.3, 0.4) is 0 Å². The fraction of sp³-hybridized carbons (Fsp3) is 0.670. The summed E-state index contributed by atoms with van der Waals surface area (Å²) in [5.41, 5.74) is 4.80. The molecule has 5 aliphatic heterocycles. The van der Waals surface area contributed by atoms with Crippen molar-refractivity contribution in [3.8, 4) is 40.2 Å². The number of unbranched alkanes of at least 4 members (excludes halogenated alkanes) is 7. The summed E-state index contributed by atoms with van der Waals surface area (Å²) >= 11 is 0. The molecule has 128 heavy (non-hydrogen) atoms. The molecule has 0 saturated carbocycles. The van der Waals surface area contributed by atoms with Gasteiger partial charge in [0.2, 0.25) is 12.5 Å². The number of fused-ring (bicyclic) bond motifs is 1. The molecule has 0 radical (unpaired) electrons. The lowest BCUT2D eigenvalue weighted by Crippen LogP contribution is -2.57. The Morgan fingerprint density at radius 1 is 0.289 bits per heavy atom. The molecule has 4 fully saturated rings. The van der Waals surface area contributed by atoms with E-state index in [1.165, 1.54) is 72.1 Å². The molecule has 31 nitrogen and oxygen atoms in total. The Hall–Kier alpha value is -9.08. The quantitative estimate of drug-likeness (QED) is 0.0225. The fourth-order valence-electron chi connectivity index (χ4n) is 16.3. The third-order valence-corrected chi connectivity index (χ3v) is 22.8. The molecule has 31 heteroatoms. The highest BCUT2D eigenvalue weighted by Gasteiger charge is 2.52. The average molecular weight is 1810 g/mol. The van der Waals surface area contributed by atoms with Crippen LogP contribution < -0.4 is 33.2 Å². The molecule has 5 aliphatic rings. The maximum Gasteiger partial charge on any atom is 0.303 e. The van der Waals surface area contributed by atoms with E-state index in [4.69, 9.17) is 109 Å². The van der Waals surface area contributed by atoms with E-state index in [0.29, 0.717) is 50.1 Å². The number of hydrogen-bond acceptors (Lipinski definition) is 31. The predicted octanol–water partition coefficient (Wildman–Crippen LogP) is 15.6. The highest BCUT2D eigenvalue weighted by atomic mass is 16.7. The van der Waals surface area contributed by atoms with Gasteiger partial charge in [-0.2, -0.15) is 0 Å². The van der Waals surface area contributed by atoms with Crippen LogP contribution in [0.15, 0.2) is 78.9 Å². The second-order valence-electron chi connectivity index (χ2n) is 32.6. The van der Waals surface area contributed by atoms with E-state index in [-0.39, 0.29) is 54.9 Å². The maximum absolute atomic E-state index is 11.7. The van der Waals surface area contributed by atoms with Crippen molar-refractivity contribution < 1.29 is 147 Å². The Labute approximate surface area is 756 Å². The number of esters is 8. The van der Waals surface area contributed by atoms with E-state index in [1.54, 1.807) is 35.5 Å². The number of aryl methyl sites for hydroxylation is 4. The zero-order valence-electron chi connectivity index (χ0n) is 79.2. The summed E-state index contributed by atoms with van der Waals surface area (Å²) < 4.78 is 129. The molecule has 0 unspecified atom stereocenters. The normalized spacial score (nSPS) is 25.5. The molecular formula is C97H144O31. The number of rotatable bonds is 44. The minimum Gasteiger partial charge on any atom is -0.497 e. The molecule has 0 aliphatic carbocycles. The van der Waals surface area contributed by atoms with Crippen molar-refractivity contribution in [2.45, 2.75) is 331 Å². The van der Waals surface area contributed by atoms with Gasteiger partial charge in [-0.25, -0.2) is 0 Å². The van der Waals surface area contributed by atoms with Crippen molar-refractivity contribution in [1.29, 1.82) is 0 Å². The average Bonchev–Trinajstić information content (AvgIpc) is 1.18. The molecule has 20 atom stereocenters. The van der Waals surface area contributed by atoms with E-state index in [9.17, 15) is 38.4 Å². The second-order valence-corrected chi connectivity index (χ2v) is 32.6. The zero-order valence-corrected chi connectivity index (χ0v) is 79.2. The van der Waals surface area contributed by atoms with Crippen molar-refractivity contribution >= 4 is 47.8 Å². The van der Waals surface area contributed by atoms with Crippen LogP contribution in [-0.4, -0.2) is 215 Å². The lowest BCUT2D eigenvalue weighted by molar-refractivity contribution is -0.290. The first-order valence-corrected chi connectivity index (χ1v) is 45.2. The van der Waals surface area contributed by atoms with Crippen LogP contribution in [-0.2, 0) is 140 Å². The topological polar surface area (TPSA) is 349 Å². The molecular weight excluding hydrogens is 1660 g/mol. The maximum atomic E-state index is 11.7. The van der Waals surface area contributed by atoms with Gasteiger partial charge < -0.3 is 109 Å². The monoisotopic (exact) mass is 1800 g/mol. The summed E-state index contributed by atoms with van der Waals surface area (Å²) in [7, 11) is 8.08. The summed E-state index contributed by atoms with van der Waals surface area (Å²) in [6.45, 7) is 28.5. The summed E-state index contributed by atoms with van der Waals surface area (Å²) in [5, 5.41) is 0. The van der Waals surface area contributed by atoms with Crippen molar-refractivity contribution in [2.75, 3.05) is 68.8 Å². The van der Waals surface area contributed by atoms with Gasteiger partial charge in [0.15, 0.2) is 72.6 Å². The number of ether oxygens (including phenoxy) is 23. The van der Waals surface area contributed by atoms with Crippen molar-refractivity contribution in [2.24, 2.45) is 23.7 Å². The van der Waals surface area contributed by atoms with Crippen LogP contribution in [0.5, 0.6) is 40.2 Å². The Morgan fingerprint density at radius 2 is 0.547 bits per heavy atom. The number of carbonyl (C=O) groups excluding carboxylic acids is 8. The Kier molecular flexibility index (Phi) is 48.1. The van der Waals surface area contributed by atoms with Gasteiger partial charge >= 0.3 is 47.8 Å². The van der Waals surface area contributed by atoms with Gasteiger partial charge in [-0.05, 0) is 174 Å². The van der Waals surface area contributed by atoms with Crippen molar-refractivity contribution in [3.63, 3.8) is 0 Å². The zero-order chi connectivity index (χ0) is 93.9. The molecule has 0 aromatic heterocycles. The number of hydrogen-bond donors (Lipinski definition) is 0. The van der Waals surface area contributed by atoms with Crippen molar-refractivity contribution in [1.82, 2.24) is 0 Å². The number of methoxy groups -OCH3 is 5. The Balaban J connectivity index is 0.000000263. The Bertz CT molecular complexity index is 3940. The SMILES string of the molecule is CC[C@H]1O[C@@H](OCCCCCCc2ccc(OC)cc2)[C@H](OC(C)=O)[C@@H](OC(C)=O)[C@@H]1C.CC[C@H]1O[C@@H](OCCCCCc2ccc(OC)cc2)[C@H](OC(C)=O)[C@@H](OC(C)=O)[C@@H]1C.CC[C@H]1O[C@@H](OCCCCc2cc(OC)c(OC)c(OC)c2)[C@H](OC(C)=O)[C@@H](OC(C)=O)[C@@H]1C.CC[C@H]1O[C@@H](OCCCCc2ccc3c(c2)OCO3)[C@H](OC(C)=O)[C@@H](OC(C)=O)[C@@H]1C. The van der Waals surface area contributed by atoms with E-state index in [2.05, 4.69) is 24.3 Å². The first kappa shape index (κ1) is 108. The Morgan fingerprint density at radius 3 is 0.836 bits per heavy atom. The van der Waals surface area contributed by atoms with Gasteiger partial charge in [0.1, 0.15) is 35.9 Å². The summed E-state index contributed by atoms with van der Waals surface area (Å²) in [5.74, 6) is 1.06. The van der Waals surface area contributed by atoms with Crippen LogP contribution >= 0.6 is 0 Å². The smallest absolute Gasteiger partial charge is 0.303 e. The van der Waals surface area contributed by atoms with Crippen LogP contribution in [0.1, 0.15) is 229 Å². The predicted molar refractivity (Wildman–Crippen MR) is 471 cm³/mol. The van der Waals surface area contributed by atoms with E-state index < -0.39 is 122 Å². The molecule has 0 bridgehead atoms. The van der Waals surface area contributed by atoms with Crippen molar-refractivity contribution in [3.05, 3.63) is 101 Å². The van der Waals surface area contributed by atoms with Gasteiger partial charge in [0, 0.05) is 105 Å². The molecule has 4 aromatic rings. The highest BCUT2D eigenvalue weighted by Crippen LogP contribution is 2.41. The van der Waals surface area contributed by atoms with Gasteiger partial charge in [-0.15, -0.1) is 0 Å². The van der Waals surface area contributed by atoms with Crippen LogP contribution in [0.4, 0.5) is 0 Å². The summed E-state index contributed by atoms with van der Waals surface area (Å²) in [4.78, 5) is 93.3. The molecule has 4 saturated heterocycles. The van der Waals surface area contributed by atoms with Gasteiger partial charge in [-0.3, -0.25) is 38.4 Å². The van der Waals surface area contributed by atoms with Crippen LogP contribution in [0.2, 0.25) is 0 Å². The van der Waals surface area contributed by atoms with Gasteiger partial charge in [-0.1, -0.05) is 105 Å². The number of benzene rings is 4. The first-order valence-electron chi connectivity index (χ1n) is 45.2. The molecule has 4 aromatic carbocycles. The largest absolute Gasteiger partial charge is 0.497 e. The fourth-order valence-corrected chi connectivity index (χ4v) is 16.3. The molecule has 0 spiro atoms. The van der Waals surface area contributed by atoms with E-state index >= 15 is 0 Å². The van der Waals surface area contributed by atoms with Crippen LogP contribution in [0.25, 0.3) is 0 Å². The lowest BCUT2D eigenvalue weighted by atomic mass is 9.89. The molecule has 0 amide bonds. The lowest BCUT2D eigenvalue weighted by Gasteiger charge is -2.43. The summed E-state index contributed by atoms with van der Waals surface area (Å²) in [6.07, 6.45) is 7.59. The number of carbonyl (C=O) groups is 8. The highest BCUT2D eigenvalue weighted by molar-refractivity contribution is 5.70. The molecule has 5 heterocycles. The third-order valence-electron chi connectivity index (χ3n) is 22.8. The second kappa shape index (κ2) is 57.2. The van der Waals surface area contributed by atoms with Crippen LogP contribution in [0, 0.1) is 23.7 Å². The van der Waals surface area contributed by atoms with Gasteiger partial charge in [0.25, 0.3) is 0 Å². The minimum absolute atomic E-state index is 0.106. The first-order chi connectivity index (χ1) is 61.3. The van der Waals surface area contributed by atoms with E-state index in [0.717, 1.165) is 144 Å². The minimum atomic E-state index is -0.825. The summed E-state index contributed by atoms with van der Waals surface area (Å²) in [6, 6.07) is 26.1. The standard InChI is InChI=1S/C25H38O9.C25H38O7.C24H36O7.C23H32O8/c1-8-19-15(2)22(32-16(3)26)24(33-17(4)27)25(34-19)31-12-10-9-11-18-13-20(28-5)23(30-7)21(14-18)29-6;1-6-22-17(2)23(30-18(3)26)24(31-19(4)27)25(32-22)29-16-10-8-7-9-11-20-12-14-21(28-5)15-13-20;1-6-21-16(2)22(29-17(3)25)23(30-18(4)26)24(31-21)28-15-9-7-8-10-19-11-13-20(27-5)14-12-19;1-5-18-14(2)21(29-15(3)24)22(30-16(4)25)23(31-18)26-11-7-6-8-17-9-10-19-20(12-17)28-13-27-19/h13-15,19,22,24-25H,8-12H2,1-7H3;12-15,17,22-25H,6-11,16H2,1-5H3;11-14,16,21-24H,6-10,15H2,1-5H3;9-10,12,14,18,21-23H,5-8,11,13H2,1-4H3/t15-,19-,22+,24-,25-;17-,22-,23+,24-,25-;16-,21-,22+,23-,24-;14-,18-,21+,22-,23-/m1111/s1.